The molecule has 0 aliphatic carbocycles. The zero-order chi connectivity index (χ0) is 23.1. The van der Waals surface area contributed by atoms with Crippen LogP contribution in [-0.2, 0) is 19.6 Å². The van der Waals surface area contributed by atoms with E-state index in [0.29, 0.717) is 42.1 Å². The number of hydrogen-bond donors (Lipinski definition) is 1. The Morgan fingerprint density at radius 3 is 2.56 bits per heavy atom. The number of amides is 1. The molecule has 0 radical (unpaired) electrons. The minimum Gasteiger partial charge on any atom is -0.447 e. The molecule has 0 saturated carbocycles. The molecule has 0 bridgehead atoms. The van der Waals surface area contributed by atoms with Crippen molar-refractivity contribution in [3.8, 4) is 0 Å². The van der Waals surface area contributed by atoms with Crippen LogP contribution in [0.15, 0.2) is 53.1 Å². The van der Waals surface area contributed by atoms with Crippen LogP contribution >= 0.6 is 23.2 Å². The second-order valence-corrected chi connectivity index (χ2v) is 8.46. The predicted molar refractivity (Wildman–Crippen MR) is 123 cm³/mol. The van der Waals surface area contributed by atoms with Crippen molar-refractivity contribution in [1.29, 1.82) is 0 Å². The number of aromatic nitrogens is 1. The maximum atomic E-state index is 13.3. The van der Waals surface area contributed by atoms with Crippen molar-refractivity contribution in [2.45, 2.75) is 19.6 Å². The fourth-order valence-electron chi connectivity index (χ4n) is 3.09. The summed E-state index contributed by atoms with van der Waals surface area (Å²) in [4.78, 5) is 20.6. The van der Waals surface area contributed by atoms with Crippen LogP contribution in [0.25, 0.3) is 0 Å². The first-order chi connectivity index (χ1) is 15.3. The molecule has 3 rings (SSSR count). The van der Waals surface area contributed by atoms with E-state index in [4.69, 9.17) is 27.6 Å². The molecule has 0 spiro atoms. The Hall–Kier alpha value is -2.45. The molecule has 0 saturated heterocycles. The normalized spacial score (nSPS) is 11.3. The number of oxazole rings is 1. The number of hydrogen-bond acceptors (Lipinski definition) is 5. The van der Waals surface area contributed by atoms with Gasteiger partial charge in [-0.25, -0.2) is 9.37 Å². The third-order valence-corrected chi connectivity index (χ3v) is 5.59. The molecule has 2 aromatic carbocycles. The van der Waals surface area contributed by atoms with E-state index in [0.717, 1.165) is 17.7 Å². The molecule has 0 aliphatic heterocycles. The molecular formula is C23H25Cl2FN4O2. The Balaban J connectivity index is 1.73. The average molecular weight is 479 g/mol. The summed E-state index contributed by atoms with van der Waals surface area (Å²) >= 11 is 12.5. The third kappa shape index (κ3) is 7.03. The summed E-state index contributed by atoms with van der Waals surface area (Å²) in [6.07, 6.45) is 1.35. The molecule has 6 nitrogen and oxygen atoms in total. The van der Waals surface area contributed by atoms with Crippen molar-refractivity contribution in [1.82, 2.24) is 20.1 Å². The van der Waals surface area contributed by atoms with Gasteiger partial charge in [-0.15, -0.1) is 0 Å². The molecule has 170 valence electrons. The van der Waals surface area contributed by atoms with Crippen molar-refractivity contribution in [2.24, 2.45) is 0 Å². The first-order valence-corrected chi connectivity index (χ1v) is 10.8. The first kappa shape index (κ1) is 24.2. The lowest BCUT2D eigenvalue weighted by atomic mass is 10.1. The predicted octanol–water partition coefficient (Wildman–Crippen LogP) is 4.61. The van der Waals surface area contributed by atoms with Gasteiger partial charge >= 0.3 is 0 Å². The van der Waals surface area contributed by atoms with E-state index >= 15 is 0 Å². The van der Waals surface area contributed by atoms with Gasteiger partial charge in [-0.05, 0) is 43.4 Å². The van der Waals surface area contributed by atoms with Gasteiger partial charge in [0, 0.05) is 26.2 Å². The van der Waals surface area contributed by atoms with Gasteiger partial charge in [0.2, 0.25) is 5.89 Å². The fraction of sp³-hybridized carbons (Fsp3) is 0.304. The van der Waals surface area contributed by atoms with Crippen LogP contribution in [0.3, 0.4) is 0 Å². The fourth-order valence-corrected chi connectivity index (χ4v) is 3.47. The van der Waals surface area contributed by atoms with E-state index in [1.807, 2.05) is 36.0 Å². The zero-order valence-electron chi connectivity index (χ0n) is 17.9. The highest BCUT2D eigenvalue weighted by Crippen LogP contribution is 2.27. The van der Waals surface area contributed by atoms with E-state index in [9.17, 15) is 9.18 Å². The monoisotopic (exact) mass is 478 g/mol. The minimum atomic E-state index is -0.296. The third-order valence-electron chi connectivity index (χ3n) is 4.73. The molecule has 1 heterocycles. The van der Waals surface area contributed by atoms with Gasteiger partial charge in [-0.3, -0.25) is 9.69 Å². The Morgan fingerprint density at radius 1 is 1.09 bits per heavy atom. The number of likely N-dealkylation sites (N-methyl/N-ethyl adjacent to an activating group) is 1. The Bertz CT molecular complexity index is 1040. The van der Waals surface area contributed by atoms with Gasteiger partial charge in [0.05, 0.1) is 16.6 Å². The lowest BCUT2D eigenvalue weighted by Crippen LogP contribution is -2.31. The van der Waals surface area contributed by atoms with Gasteiger partial charge < -0.3 is 14.6 Å². The van der Waals surface area contributed by atoms with Crippen molar-refractivity contribution < 1.29 is 13.6 Å². The Kier molecular flexibility index (Phi) is 8.64. The van der Waals surface area contributed by atoms with E-state index in [1.54, 1.807) is 18.2 Å². The zero-order valence-corrected chi connectivity index (χ0v) is 19.5. The lowest BCUT2D eigenvalue weighted by molar-refractivity contribution is 0.0946. The molecule has 0 fully saturated rings. The Morgan fingerprint density at radius 2 is 1.84 bits per heavy atom. The summed E-state index contributed by atoms with van der Waals surface area (Å²) < 4.78 is 18.9. The molecule has 3 aromatic rings. The van der Waals surface area contributed by atoms with Crippen molar-refractivity contribution in [3.63, 3.8) is 0 Å². The molecule has 0 aliphatic rings. The molecule has 1 amide bonds. The maximum Gasteiger partial charge on any atom is 0.273 e. The average Bonchev–Trinajstić information content (AvgIpc) is 3.21. The minimum absolute atomic E-state index is 0.223. The van der Waals surface area contributed by atoms with Crippen LogP contribution in [-0.4, -0.2) is 47.9 Å². The SMILES string of the molecule is CN(C)CCNC(=O)c1coc(CN(Cc2ccc(F)cc2)Cc2cccc(Cl)c2Cl)n1. The van der Waals surface area contributed by atoms with E-state index in [-0.39, 0.29) is 17.4 Å². The summed E-state index contributed by atoms with van der Waals surface area (Å²) in [5, 5.41) is 3.76. The van der Waals surface area contributed by atoms with Crippen LogP contribution in [0.5, 0.6) is 0 Å². The summed E-state index contributed by atoms with van der Waals surface area (Å²) in [5.74, 6) is -0.191. The largest absolute Gasteiger partial charge is 0.447 e. The van der Waals surface area contributed by atoms with Gasteiger partial charge in [0.25, 0.3) is 5.91 Å². The number of carbonyl (C=O) groups is 1. The van der Waals surface area contributed by atoms with Gasteiger partial charge in [0.1, 0.15) is 12.1 Å². The van der Waals surface area contributed by atoms with E-state index in [1.165, 1.54) is 18.4 Å². The number of nitrogens with zero attached hydrogens (tertiary/aromatic N) is 3. The number of rotatable bonds is 10. The molecule has 1 aromatic heterocycles. The van der Waals surface area contributed by atoms with Crippen molar-refractivity contribution >= 4 is 29.1 Å². The molecular weight excluding hydrogens is 454 g/mol. The second kappa shape index (κ2) is 11.4. The molecule has 0 unspecified atom stereocenters. The van der Waals surface area contributed by atoms with Crippen LogP contribution in [0.4, 0.5) is 4.39 Å². The molecule has 1 N–H and O–H groups in total. The lowest BCUT2D eigenvalue weighted by Gasteiger charge is -2.22. The van der Waals surface area contributed by atoms with Gasteiger partial charge in [0.15, 0.2) is 5.69 Å². The highest BCUT2D eigenvalue weighted by Gasteiger charge is 2.17. The number of carbonyl (C=O) groups excluding carboxylic acids is 1. The quantitative estimate of drug-likeness (QED) is 0.460. The van der Waals surface area contributed by atoms with Crippen LogP contribution in [0, 0.1) is 5.82 Å². The van der Waals surface area contributed by atoms with E-state index in [2.05, 4.69) is 10.3 Å². The van der Waals surface area contributed by atoms with Crippen molar-refractivity contribution in [3.05, 3.63) is 87.3 Å². The summed E-state index contributed by atoms with van der Waals surface area (Å²) in [6, 6.07) is 11.7. The topological polar surface area (TPSA) is 61.6 Å². The highest BCUT2D eigenvalue weighted by atomic mass is 35.5. The molecule has 32 heavy (non-hydrogen) atoms. The number of benzene rings is 2. The smallest absolute Gasteiger partial charge is 0.273 e. The van der Waals surface area contributed by atoms with Gasteiger partial charge in [-0.2, -0.15) is 0 Å². The summed E-state index contributed by atoms with van der Waals surface area (Å²) in [7, 11) is 3.87. The number of nitrogens with one attached hydrogen (secondary N) is 1. The second-order valence-electron chi connectivity index (χ2n) is 7.67. The standard InChI is InChI=1S/C23H25Cl2FN4O2/c1-29(2)11-10-27-23(31)20-15-32-21(28-20)14-30(12-16-6-8-18(26)9-7-16)13-17-4-3-5-19(24)22(17)25/h3-9,15H,10-14H2,1-2H3,(H,27,31). The number of halogens is 3. The first-order valence-electron chi connectivity index (χ1n) is 10.1. The van der Waals surface area contributed by atoms with E-state index < -0.39 is 0 Å². The van der Waals surface area contributed by atoms with Crippen LogP contribution in [0.1, 0.15) is 27.5 Å². The molecule has 0 atom stereocenters. The van der Waals surface area contributed by atoms with Crippen LogP contribution < -0.4 is 5.32 Å². The summed E-state index contributed by atoms with van der Waals surface area (Å²) in [6.45, 7) is 2.52. The highest BCUT2D eigenvalue weighted by molar-refractivity contribution is 6.42. The molecule has 9 heteroatoms. The van der Waals surface area contributed by atoms with Crippen molar-refractivity contribution in [2.75, 3.05) is 27.2 Å². The Labute approximate surface area is 196 Å². The maximum absolute atomic E-state index is 13.3. The van der Waals surface area contributed by atoms with Gasteiger partial charge in [-0.1, -0.05) is 47.5 Å². The summed E-state index contributed by atoms with van der Waals surface area (Å²) in [5.41, 5.74) is 1.98. The van der Waals surface area contributed by atoms with Crippen LogP contribution in [0.2, 0.25) is 10.0 Å².